The molecule has 1 unspecified atom stereocenters. The maximum absolute atomic E-state index is 11.3. The van der Waals surface area contributed by atoms with Crippen LogP contribution in [0.2, 0.25) is 5.02 Å². The molecule has 1 aromatic carbocycles. The van der Waals surface area contributed by atoms with Crippen LogP contribution in [0.3, 0.4) is 0 Å². The smallest absolute Gasteiger partial charge is 0.137 e. The molecule has 1 heterocycles. The Balaban J connectivity index is 1.63. The zero-order chi connectivity index (χ0) is 15.9. The van der Waals surface area contributed by atoms with Crippen LogP contribution in [-0.2, 0) is 12.1 Å². The lowest BCUT2D eigenvalue weighted by atomic mass is 9.88. The lowest BCUT2D eigenvalue weighted by Crippen LogP contribution is -2.34. The Bertz CT molecular complexity index is 720. The average molecular weight is 330 g/mol. The average Bonchev–Trinajstić information content (AvgIpc) is 3.45. The van der Waals surface area contributed by atoms with Crippen molar-refractivity contribution in [3.05, 3.63) is 53.1 Å². The third kappa shape index (κ3) is 3.19. The molecule has 0 saturated heterocycles. The van der Waals surface area contributed by atoms with Crippen LogP contribution in [0, 0.1) is 11.8 Å². The Kier molecular flexibility index (Phi) is 3.74. The number of aliphatic hydroxyl groups is 1. The van der Waals surface area contributed by atoms with Gasteiger partial charge in [0.25, 0.3) is 0 Å². The Morgan fingerprint density at radius 3 is 2.74 bits per heavy atom. The topological polar surface area (TPSA) is 50.9 Å². The molecule has 0 radical (unpaired) electrons. The minimum Gasteiger partial charge on any atom is -0.383 e. The highest BCUT2D eigenvalue weighted by molar-refractivity contribution is 6.31. The predicted molar refractivity (Wildman–Crippen MR) is 89.9 cm³/mol. The molecule has 1 atom stereocenters. The van der Waals surface area contributed by atoms with Gasteiger partial charge in [-0.15, -0.1) is 0 Å². The van der Waals surface area contributed by atoms with Crippen LogP contribution in [0.4, 0.5) is 0 Å². The largest absolute Gasteiger partial charge is 0.383 e. The van der Waals surface area contributed by atoms with E-state index in [1.807, 2.05) is 18.2 Å². The number of hydrogen-bond donors (Lipinski definition) is 1. The van der Waals surface area contributed by atoms with Crippen molar-refractivity contribution in [1.29, 1.82) is 0 Å². The zero-order valence-corrected chi connectivity index (χ0v) is 13.7. The summed E-state index contributed by atoms with van der Waals surface area (Å²) in [6, 6.07) is 5.95. The molecule has 1 N–H and O–H groups in total. The Hall–Kier alpha value is -1.65. The second-order valence-corrected chi connectivity index (χ2v) is 7.13. The number of benzene rings is 1. The summed E-state index contributed by atoms with van der Waals surface area (Å²) >= 11 is 6.52. The lowest BCUT2D eigenvalue weighted by molar-refractivity contribution is -0.00766. The number of halogens is 1. The van der Waals surface area contributed by atoms with Gasteiger partial charge in [-0.25, -0.2) is 9.67 Å². The zero-order valence-electron chi connectivity index (χ0n) is 12.9. The molecule has 4 rings (SSSR count). The Morgan fingerprint density at radius 2 is 2.13 bits per heavy atom. The van der Waals surface area contributed by atoms with E-state index in [1.165, 1.54) is 19.2 Å². The predicted octanol–water partition coefficient (Wildman–Crippen LogP) is 3.65. The van der Waals surface area contributed by atoms with Crippen LogP contribution in [0.15, 0.2) is 36.9 Å². The van der Waals surface area contributed by atoms with Gasteiger partial charge in [0.05, 0.1) is 6.54 Å². The Labute approximate surface area is 140 Å². The molecule has 2 aliphatic rings. The summed E-state index contributed by atoms with van der Waals surface area (Å²) in [5.74, 6) is 0.973. The number of aromatic nitrogens is 3. The first kappa shape index (κ1) is 14.9. The molecule has 4 nitrogen and oxygen atoms in total. The second-order valence-electron chi connectivity index (χ2n) is 6.73. The first-order valence-corrected chi connectivity index (χ1v) is 8.56. The van der Waals surface area contributed by atoms with Gasteiger partial charge in [-0.2, -0.15) is 5.10 Å². The quantitative estimate of drug-likeness (QED) is 0.880. The number of nitrogens with zero attached hydrogens (tertiary/aromatic N) is 3. The van der Waals surface area contributed by atoms with Crippen molar-refractivity contribution < 1.29 is 5.11 Å². The summed E-state index contributed by atoms with van der Waals surface area (Å²) < 4.78 is 1.68. The first-order chi connectivity index (χ1) is 11.1. The van der Waals surface area contributed by atoms with Gasteiger partial charge in [-0.1, -0.05) is 35.9 Å². The standard InChI is InChI=1S/C18H20ClN3O/c19-17-9-14(4-3-13-1-2-13)5-8-16(17)18(23,15-6-7-15)10-22-12-20-11-21-22/h3-5,8-9,11-13,15,23H,1-2,6-7,10H2. The molecule has 2 saturated carbocycles. The van der Waals surface area contributed by atoms with E-state index in [-0.39, 0.29) is 5.92 Å². The molecule has 120 valence electrons. The van der Waals surface area contributed by atoms with Gasteiger partial charge in [0.15, 0.2) is 0 Å². The summed E-state index contributed by atoms with van der Waals surface area (Å²) in [5, 5.41) is 16.1. The molecular weight excluding hydrogens is 310 g/mol. The molecule has 0 spiro atoms. The van der Waals surface area contributed by atoms with E-state index >= 15 is 0 Å². The molecule has 0 aliphatic heterocycles. The third-order valence-electron chi connectivity index (χ3n) is 4.76. The minimum absolute atomic E-state index is 0.233. The number of hydrogen-bond acceptors (Lipinski definition) is 3. The van der Waals surface area contributed by atoms with E-state index in [1.54, 1.807) is 11.0 Å². The molecule has 2 aromatic rings. The van der Waals surface area contributed by atoms with E-state index in [0.29, 0.717) is 11.6 Å². The van der Waals surface area contributed by atoms with Gasteiger partial charge >= 0.3 is 0 Å². The number of rotatable bonds is 6. The molecule has 0 bridgehead atoms. The normalized spacial score (nSPS) is 20.8. The summed E-state index contributed by atoms with van der Waals surface area (Å²) in [6.45, 7) is 0.384. The van der Waals surface area contributed by atoms with Gasteiger partial charge in [0.1, 0.15) is 18.3 Å². The van der Waals surface area contributed by atoms with Crippen LogP contribution in [-0.4, -0.2) is 19.9 Å². The third-order valence-corrected chi connectivity index (χ3v) is 5.08. The van der Waals surface area contributed by atoms with Crippen molar-refractivity contribution >= 4 is 17.7 Å². The summed E-state index contributed by atoms with van der Waals surface area (Å²) in [4.78, 5) is 3.96. The highest BCUT2D eigenvalue weighted by atomic mass is 35.5. The summed E-state index contributed by atoms with van der Waals surface area (Å²) in [7, 11) is 0. The van der Waals surface area contributed by atoms with E-state index in [4.69, 9.17) is 11.6 Å². The van der Waals surface area contributed by atoms with Crippen LogP contribution in [0.1, 0.15) is 36.8 Å². The molecule has 1 aromatic heterocycles. The molecular formula is C18H20ClN3O. The fourth-order valence-corrected chi connectivity index (χ4v) is 3.43. The lowest BCUT2D eigenvalue weighted by Gasteiger charge is -2.29. The van der Waals surface area contributed by atoms with Crippen molar-refractivity contribution in [2.24, 2.45) is 11.8 Å². The maximum atomic E-state index is 11.3. The van der Waals surface area contributed by atoms with Crippen molar-refractivity contribution in [2.75, 3.05) is 0 Å². The van der Waals surface area contributed by atoms with Gasteiger partial charge in [0, 0.05) is 10.6 Å². The van der Waals surface area contributed by atoms with Crippen molar-refractivity contribution in [3.8, 4) is 0 Å². The van der Waals surface area contributed by atoms with Crippen LogP contribution in [0.5, 0.6) is 0 Å². The SMILES string of the molecule is OC(Cn1cncn1)(c1ccc(C=CC2CC2)cc1Cl)C1CC1. The molecule has 23 heavy (non-hydrogen) atoms. The van der Waals surface area contributed by atoms with E-state index in [0.717, 1.165) is 29.9 Å². The van der Waals surface area contributed by atoms with Gasteiger partial charge in [0.2, 0.25) is 0 Å². The minimum atomic E-state index is -0.983. The fourth-order valence-electron chi connectivity index (χ4n) is 3.08. The van der Waals surface area contributed by atoms with Gasteiger partial charge in [-0.3, -0.25) is 0 Å². The molecule has 5 heteroatoms. The summed E-state index contributed by atoms with van der Waals surface area (Å²) in [5.41, 5.74) is 0.897. The second kappa shape index (κ2) is 5.77. The number of allylic oxidation sites excluding steroid dienone is 1. The monoisotopic (exact) mass is 329 g/mol. The van der Waals surface area contributed by atoms with Gasteiger partial charge in [-0.05, 0) is 49.1 Å². The fraction of sp³-hybridized carbons (Fsp3) is 0.444. The van der Waals surface area contributed by atoms with Crippen molar-refractivity contribution in [1.82, 2.24) is 14.8 Å². The highest BCUT2D eigenvalue weighted by Crippen LogP contribution is 2.48. The summed E-state index contributed by atoms with van der Waals surface area (Å²) in [6.07, 6.45) is 12.1. The van der Waals surface area contributed by atoms with Crippen LogP contribution < -0.4 is 0 Å². The van der Waals surface area contributed by atoms with Gasteiger partial charge < -0.3 is 5.11 Å². The Morgan fingerprint density at radius 1 is 1.30 bits per heavy atom. The van der Waals surface area contributed by atoms with Crippen molar-refractivity contribution in [2.45, 2.75) is 37.8 Å². The van der Waals surface area contributed by atoms with Crippen LogP contribution >= 0.6 is 11.6 Å². The van der Waals surface area contributed by atoms with Crippen molar-refractivity contribution in [3.63, 3.8) is 0 Å². The van der Waals surface area contributed by atoms with E-state index < -0.39 is 5.60 Å². The highest BCUT2D eigenvalue weighted by Gasteiger charge is 2.46. The first-order valence-electron chi connectivity index (χ1n) is 8.18. The maximum Gasteiger partial charge on any atom is 0.137 e. The van der Waals surface area contributed by atoms with E-state index in [9.17, 15) is 5.11 Å². The molecule has 0 amide bonds. The van der Waals surface area contributed by atoms with Crippen LogP contribution in [0.25, 0.3) is 6.08 Å². The molecule has 2 fully saturated rings. The molecule has 2 aliphatic carbocycles. The van der Waals surface area contributed by atoms with E-state index in [2.05, 4.69) is 22.2 Å².